The van der Waals surface area contributed by atoms with Crippen molar-refractivity contribution in [2.75, 3.05) is 24.8 Å². The molecule has 0 radical (unpaired) electrons. The minimum absolute atomic E-state index is 0.0319. The number of hydrogen-bond acceptors (Lipinski definition) is 6. The van der Waals surface area contributed by atoms with Crippen molar-refractivity contribution in [3.8, 4) is 0 Å². The highest BCUT2D eigenvalue weighted by Gasteiger charge is 2.30. The first kappa shape index (κ1) is 22.7. The third-order valence-corrected chi connectivity index (χ3v) is 6.37. The summed E-state index contributed by atoms with van der Waals surface area (Å²) in [4.78, 5) is 13.1. The van der Waals surface area contributed by atoms with Crippen molar-refractivity contribution in [2.45, 2.75) is 43.2 Å². The lowest BCUT2D eigenvalue weighted by molar-refractivity contribution is -0.119. The summed E-state index contributed by atoms with van der Waals surface area (Å²) in [7, 11) is -3.46. The Balaban J connectivity index is 1.81. The van der Waals surface area contributed by atoms with E-state index in [0.29, 0.717) is 31.0 Å². The number of carbonyl (C=O) groups excluding carboxylic acids is 1. The Morgan fingerprint density at radius 3 is 2.63 bits per heavy atom. The first-order valence-corrected chi connectivity index (χ1v) is 11.8. The summed E-state index contributed by atoms with van der Waals surface area (Å²) < 4.78 is 30.5. The van der Waals surface area contributed by atoms with Crippen molar-refractivity contribution < 1.29 is 23.1 Å². The van der Waals surface area contributed by atoms with Crippen molar-refractivity contribution in [1.29, 1.82) is 0 Å². The maximum atomic E-state index is 13.1. The zero-order valence-electron chi connectivity index (χ0n) is 17.1. The topological polar surface area (TPSA) is 111 Å². The third kappa shape index (κ3) is 5.81. The Hall–Kier alpha value is -1.94. The molecule has 164 valence electrons. The molecule has 1 aliphatic heterocycles. The molecule has 2 aromatic rings. The van der Waals surface area contributed by atoms with Crippen LogP contribution in [-0.4, -0.2) is 54.3 Å². The van der Waals surface area contributed by atoms with Crippen LogP contribution in [0.5, 0.6) is 0 Å². The molecule has 1 atom stereocenters. The van der Waals surface area contributed by atoms with Crippen LogP contribution in [0.15, 0.2) is 35.4 Å². The number of nitrogens with zero attached hydrogens (tertiary/aromatic N) is 2. The number of nitrogens with one attached hydrogen (secondary N) is 1. The van der Waals surface area contributed by atoms with Gasteiger partial charge in [0.25, 0.3) is 0 Å². The number of halogens is 1. The second kappa shape index (κ2) is 8.66. The second-order valence-electron chi connectivity index (χ2n) is 8.35. The molecule has 1 aliphatic rings. The minimum Gasteiger partial charge on any atom is -0.389 e. The van der Waals surface area contributed by atoms with E-state index in [1.54, 1.807) is 36.9 Å². The highest BCUT2D eigenvalue weighted by molar-refractivity contribution is 7.90. The van der Waals surface area contributed by atoms with E-state index in [9.17, 15) is 18.3 Å². The number of sulfone groups is 1. The van der Waals surface area contributed by atoms with Gasteiger partial charge in [-0.25, -0.2) is 8.42 Å². The van der Waals surface area contributed by atoms with Crippen LogP contribution >= 0.6 is 11.6 Å². The van der Waals surface area contributed by atoms with Gasteiger partial charge in [-0.3, -0.25) is 9.48 Å². The predicted octanol–water partition coefficient (Wildman–Crippen LogP) is 2.47. The number of ether oxygens (including phenoxy) is 1. The number of aromatic nitrogens is 2. The smallest absolute Gasteiger partial charge is 0.233 e. The zero-order valence-corrected chi connectivity index (χ0v) is 18.7. The summed E-state index contributed by atoms with van der Waals surface area (Å²) >= 11 is 6.20. The molecular weight excluding hydrogens is 430 g/mol. The Kier molecular flexibility index (Phi) is 6.57. The summed E-state index contributed by atoms with van der Waals surface area (Å²) in [6.45, 7) is 4.80. The van der Waals surface area contributed by atoms with Gasteiger partial charge in [-0.2, -0.15) is 5.10 Å². The van der Waals surface area contributed by atoms with Crippen LogP contribution in [0, 0.1) is 5.92 Å². The van der Waals surface area contributed by atoms with Gasteiger partial charge >= 0.3 is 0 Å². The summed E-state index contributed by atoms with van der Waals surface area (Å²) in [5, 5.41) is 17.1. The van der Waals surface area contributed by atoms with Crippen LogP contribution in [0.1, 0.15) is 31.7 Å². The average Bonchev–Trinajstić information content (AvgIpc) is 2.97. The standard InChI is InChI=1S/C20H26ClN3O5S/c1-20(2,26)12-24-7-6-18(23-24)22-19(25)15(8-13-10-29-11-13)14-4-5-17(16(21)9-14)30(3,27)28/h4-7,9,13,15,26H,8,10-12H2,1-3H3,(H,22,23,25). The van der Waals surface area contributed by atoms with Gasteiger partial charge in [-0.1, -0.05) is 17.7 Å². The van der Waals surface area contributed by atoms with Crippen molar-refractivity contribution in [3.05, 3.63) is 41.0 Å². The van der Waals surface area contributed by atoms with E-state index < -0.39 is 21.4 Å². The quantitative estimate of drug-likeness (QED) is 0.632. The fourth-order valence-electron chi connectivity index (χ4n) is 3.31. The highest BCUT2D eigenvalue weighted by Crippen LogP contribution is 2.32. The predicted molar refractivity (Wildman–Crippen MR) is 113 cm³/mol. The number of hydrogen-bond donors (Lipinski definition) is 2. The molecule has 10 heteroatoms. The van der Waals surface area contributed by atoms with Crippen molar-refractivity contribution in [3.63, 3.8) is 0 Å². The number of anilines is 1. The van der Waals surface area contributed by atoms with Crippen molar-refractivity contribution >= 4 is 33.2 Å². The van der Waals surface area contributed by atoms with Crippen LogP contribution in [0.4, 0.5) is 5.82 Å². The Morgan fingerprint density at radius 2 is 2.10 bits per heavy atom. The van der Waals surface area contributed by atoms with E-state index in [2.05, 4.69) is 10.4 Å². The molecule has 30 heavy (non-hydrogen) atoms. The maximum absolute atomic E-state index is 13.1. The van der Waals surface area contributed by atoms with Gasteiger partial charge in [0.05, 0.1) is 41.2 Å². The maximum Gasteiger partial charge on any atom is 0.233 e. The van der Waals surface area contributed by atoms with Crippen LogP contribution in [0.25, 0.3) is 0 Å². The van der Waals surface area contributed by atoms with Crippen LogP contribution < -0.4 is 5.32 Å². The van der Waals surface area contributed by atoms with Crippen molar-refractivity contribution in [1.82, 2.24) is 9.78 Å². The summed E-state index contributed by atoms with van der Waals surface area (Å²) in [5.41, 5.74) is -0.300. The summed E-state index contributed by atoms with van der Waals surface area (Å²) in [6, 6.07) is 6.25. The minimum atomic E-state index is -3.46. The van der Waals surface area contributed by atoms with Crippen LogP contribution in [0.2, 0.25) is 5.02 Å². The van der Waals surface area contributed by atoms with E-state index in [4.69, 9.17) is 16.3 Å². The van der Waals surface area contributed by atoms with Gasteiger partial charge < -0.3 is 15.2 Å². The molecule has 0 aliphatic carbocycles. The van der Waals surface area contributed by atoms with Crippen LogP contribution in [0.3, 0.4) is 0 Å². The first-order valence-electron chi connectivity index (χ1n) is 9.56. The number of rotatable bonds is 8. The van der Waals surface area contributed by atoms with Gasteiger partial charge in [-0.15, -0.1) is 0 Å². The van der Waals surface area contributed by atoms with E-state index in [-0.39, 0.29) is 28.3 Å². The highest BCUT2D eigenvalue weighted by atomic mass is 35.5. The largest absolute Gasteiger partial charge is 0.389 e. The normalized spacial score (nSPS) is 16.2. The molecule has 2 N–H and O–H groups in total. The lowest BCUT2D eigenvalue weighted by Gasteiger charge is -2.29. The molecule has 0 spiro atoms. The van der Waals surface area contributed by atoms with E-state index in [1.807, 2.05) is 0 Å². The van der Waals surface area contributed by atoms with Crippen molar-refractivity contribution in [2.24, 2.45) is 5.92 Å². The number of amides is 1. The fourth-order valence-corrected chi connectivity index (χ4v) is 4.65. The third-order valence-electron chi connectivity index (χ3n) is 4.79. The zero-order chi connectivity index (χ0) is 22.1. The molecule has 1 unspecified atom stereocenters. The molecule has 0 saturated carbocycles. The van der Waals surface area contributed by atoms with Gasteiger partial charge in [0.2, 0.25) is 5.91 Å². The van der Waals surface area contributed by atoms with E-state index in [0.717, 1.165) is 6.26 Å². The molecule has 1 aromatic carbocycles. The Bertz CT molecular complexity index is 1030. The molecular formula is C20H26ClN3O5S. The lowest BCUT2D eigenvalue weighted by Crippen LogP contribution is -2.32. The molecule has 1 fully saturated rings. The van der Waals surface area contributed by atoms with E-state index in [1.165, 1.54) is 12.1 Å². The Morgan fingerprint density at radius 1 is 1.40 bits per heavy atom. The van der Waals surface area contributed by atoms with Gasteiger partial charge in [0.15, 0.2) is 15.7 Å². The SMILES string of the molecule is CC(C)(O)Cn1ccc(NC(=O)C(CC2COC2)c2ccc(S(C)(=O)=O)c(Cl)c2)n1. The molecule has 2 heterocycles. The molecule has 1 amide bonds. The molecule has 8 nitrogen and oxygen atoms in total. The first-order chi connectivity index (χ1) is 13.9. The lowest BCUT2D eigenvalue weighted by atomic mass is 9.87. The summed E-state index contributed by atoms with van der Waals surface area (Å²) in [5.74, 6) is -0.192. The van der Waals surface area contributed by atoms with E-state index >= 15 is 0 Å². The molecule has 3 rings (SSSR count). The average molecular weight is 456 g/mol. The van der Waals surface area contributed by atoms with Gasteiger partial charge in [0, 0.05) is 24.4 Å². The van der Waals surface area contributed by atoms with Gasteiger partial charge in [0.1, 0.15) is 0 Å². The molecule has 0 bridgehead atoms. The Labute approximate surface area is 181 Å². The number of benzene rings is 1. The number of aliphatic hydroxyl groups is 1. The molecule has 1 saturated heterocycles. The summed E-state index contributed by atoms with van der Waals surface area (Å²) in [6.07, 6.45) is 3.32. The second-order valence-corrected chi connectivity index (χ2v) is 10.7. The molecule has 1 aromatic heterocycles. The van der Waals surface area contributed by atoms with Gasteiger partial charge in [-0.05, 0) is 38.0 Å². The number of carbonyl (C=O) groups is 1. The fraction of sp³-hybridized carbons (Fsp3) is 0.500. The monoisotopic (exact) mass is 455 g/mol. The van der Waals surface area contributed by atoms with Crippen LogP contribution in [-0.2, 0) is 25.9 Å².